The number of nitrogens with one attached hydrogen (secondary N) is 1. The normalized spacial score (nSPS) is 14.3. The van der Waals surface area contributed by atoms with Crippen molar-refractivity contribution in [3.8, 4) is 0 Å². The molecule has 3 N–H and O–H groups in total. The van der Waals surface area contributed by atoms with E-state index >= 15 is 0 Å². The van der Waals surface area contributed by atoms with Gasteiger partial charge in [-0.3, -0.25) is 14.4 Å². The number of primary amides is 1. The fourth-order valence-electron chi connectivity index (χ4n) is 2.69. The molecule has 0 aromatic heterocycles. The summed E-state index contributed by atoms with van der Waals surface area (Å²) in [6.45, 7) is 3.96. The highest BCUT2D eigenvalue weighted by Crippen LogP contribution is 2.23. The first kappa shape index (κ1) is 22.0. The van der Waals surface area contributed by atoms with E-state index in [2.05, 4.69) is 22.7 Å². The summed E-state index contributed by atoms with van der Waals surface area (Å²) in [4.78, 5) is 36.1. The van der Waals surface area contributed by atoms with Crippen LogP contribution in [0.2, 0.25) is 0 Å². The van der Waals surface area contributed by atoms with E-state index < -0.39 is 29.1 Å². The molecule has 3 atom stereocenters. The van der Waals surface area contributed by atoms with E-state index in [4.69, 9.17) is 5.73 Å². The van der Waals surface area contributed by atoms with Crippen LogP contribution in [0.3, 0.4) is 0 Å². The predicted octanol–water partition coefficient (Wildman–Crippen LogP) is 1.72. The summed E-state index contributed by atoms with van der Waals surface area (Å²) in [7, 11) is 1.29. The zero-order valence-electron chi connectivity index (χ0n) is 15.5. The molecule has 0 fully saturated rings. The van der Waals surface area contributed by atoms with Crippen molar-refractivity contribution in [1.29, 1.82) is 0 Å². The zero-order valence-corrected chi connectivity index (χ0v) is 16.4. The van der Waals surface area contributed by atoms with Crippen LogP contribution in [-0.4, -0.2) is 36.2 Å². The lowest BCUT2D eigenvalue weighted by Gasteiger charge is -2.26. The number of carbonyl (C=O) groups excluding carboxylic acids is 3. The monoisotopic (exact) mass is 380 g/mol. The Kier molecular flexibility index (Phi) is 9.19. The lowest BCUT2D eigenvalue weighted by atomic mass is 9.91. The molecule has 0 saturated carbocycles. The molecule has 0 heterocycles. The van der Waals surface area contributed by atoms with Gasteiger partial charge in [-0.25, -0.2) is 0 Å². The summed E-state index contributed by atoms with van der Waals surface area (Å²) in [5.74, 6) is -1.67. The van der Waals surface area contributed by atoms with Crippen molar-refractivity contribution in [1.82, 2.24) is 5.32 Å². The van der Waals surface area contributed by atoms with Gasteiger partial charge in [-0.2, -0.15) is 12.6 Å². The van der Waals surface area contributed by atoms with Gasteiger partial charge in [-0.15, -0.1) is 0 Å². The molecule has 2 unspecified atom stereocenters. The Hall–Kier alpha value is -2.02. The number of hydrogen-bond donors (Lipinski definition) is 3. The molecule has 0 saturated heterocycles. The van der Waals surface area contributed by atoms with Crippen LogP contribution < -0.4 is 11.1 Å². The Bertz CT molecular complexity index is 607. The van der Waals surface area contributed by atoms with Crippen molar-refractivity contribution in [3.05, 3.63) is 35.9 Å². The molecule has 1 rings (SSSR count). The fraction of sp³-hybridized carbons (Fsp3) is 0.526. The van der Waals surface area contributed by atoms with E-state index in [-0.39, 0.29) is 18.2 Å². The maximum atomic E-state index is 12.8. The van der Waals surface area contributed by atoms with Gasteiger partial charge < -0.3 is 15.8 Å². The molecule has 1 aromatic carbocycles. The van der Waals surface area contributed by atoms with Gasteiger partial charge in [0.05, 0.1) is 19.4 Å². The highest BCUT2D eigenvalue weighted by atomic mass is 32.1. The molecule has 7 heteroatoms. The third kappa shape index (κ3) is 7.47. The predicted molar refractivity (Wildman–Crippen MR) is 104 cm³/mol. The topological polar surface area (TPSA) is 98.5 Å². The lowest BCUT2D eigenvalue weighted by molar-refractivity contribution is -0.141. The summed E-state index contributed by atoms with van der Waals surface area (Å²) in [5, 5.41) is 2.22. The van der Waals surface area contributed by atoms with Crippen molar-refractivity contribution in [2.24, 2.45) is 17.6 Å². The van der Waals surface area contributed by atoms with E-state index in [1.54, 1.807) is 0 Å². The number of esters is 1. The molecule has 0 bridgehead atoms. The number of ether oxygens (including phenoxy) is 1. The van der Waals surface area contributed by atoms with Crippen LogP contribution in [0.4, 0.5) is 0 Å². The third-order valence-corrected chi connectivity index (χ3v) is 4.62. The molecule has 6 nitrogen and oxygen atoms in total. The van der Waals surface area contributed by atoms with Crippen molar-refractivity contribution < 1.29 is 19.1 Å². The average Bonchev–Trinajstić information content (AvgIpc) is 2.59. The number of methoxy groups -OCH3 is 1. The van der Waals surface area contributed by atoms with Crippen LogP contribution in [0.15, 0.2) is 30.3 Å². The minimum absolute atomic E-state index is 0.0182. The van der Waals surface area contributed by atoms with E-state index in [9.17, 15) is 14.4 Å². The Morgan fingerprint density at radius 1 is 1.19 bits per heavy atom. The minimum atomic E-state index is -0.821. The van der Waals surface area contributed by atoms with Gasteiger partial charge in [0.25, 0.3) is 0 Å². The van der Waals surface area contributed by atoms with Gasteiger partial charge in [-0.1, -0.05) is 44.2 Å². The molecular formula is C19H28N2O4S. The highest BCUT2D eigenvalue weighted by Gasteiger charge is 2.31. The number of amides is 2. The fourth-order valence-corrected chi connectivity index (χ4v) is 3.10. The second-order valence-corrected chi connectivity index (χ2v) is 7.40. The second kappa shape index (κ2) is 10.9. The average molecular weight is 381 g/mol. The van der Waals surface area contributed by atoms with Crippen molar-refractivity contribution in [3.63, 3.8) is 0 Å². The van der Waals surface area contributed by atoms with Gasteiger partial charge in [0.1, 0.15) is 6.04 Å². The van der Waals surface area contributed by atoms with Crippen LogP contribution in [0.1, 0.15) is 32.3 Å². The molecule has 2 amide bonds. The van der Waals surface area contributed by atoms with Gasteiger partial charge in [0, 0.05) is 11.7 Å². The zero-order chi connectivity index (χ0) is 19.7. The van der Waals surface area contributed by atoms with Gasteiger partial charge in [0.2, 0.25) is 11.8 Å². The number of nitrogens with two attached hydrogens (primary N) is 1. The number of thiol groups is 1. The largest absolute Gasteiger partial charge is 0.469 e. The molecule has 0 aliphatic heterocycles. The molecule has 144 valence electrons. The summed E-state index contributed by atoms with van der Waals surface area (Å²) in [5.41, 5.74) is 6.36. The first-order chi connectivity index (χ1) is 12.2. The summed E-state index contributed by atoms with van der Waals surface area (Å²) in [6.07, 6.45) is 0.864. The second-order valence-electron chi connectivity index (χ2n) is 6.74. The standard InChI is InChI=1S/C19H28N2O4S/c1-12(2)9-14(16(26)11-17(22)25-3)19(24)21-15(18(20)23)10-13-7-5-4-6-8-13/h4-8,12,14-16,26H,9-11H2,1-3H3,(H2,20,23)(H,21,24)/t14?,15-,16?/m0/s1. The highest BCUT2D eigenvalue weighted by molar-refractivity contribution is 7.81. The van der Waals surface area contributed by atoms with Crippen molar-refractivity contribution in [2.45, 2.75) is 44.4 Å². The van der Waals surface area contributed by atoms with E-state index in [1.165, 1.54) is 7.11 Å². The number of hydrogen-bond acceptors (Lipinski definition) is 5. The minimum Gasteiger partial charge on any atom is -0.469 e. The SMILES string of the molecule is COC(=O)CC(S)C(CC(C)C)C(=O)N[C@@H](Cc1ccccc1)C(N)=O. The van der Waals surface area contributed by atoms with Crippen LogP contribution >= 0.6 is 12.6 Å². The number of benzene rings is 1. The smallest absolute Gasteiger partial charge is 0.306 e. The molecule has 1 aromatic rings. The lowest BCUT2D eigenvalue weighted by Crippen LogP contribution is -2.49. The number of carbonyl (C=O) groups is 3. The molecule has 0 spiro atoms. The summed E-state index contributed by atoms with van der Waals surface area (Å²) >= 11 is 4.43. The van der Waals surface area contributed by atoms with Crippen LogP contribution in [0.25, 0.3) is 0 Å². The van der Waals surface area contributed by atoms with Crippen LogP contribution in [-0.2, 0) is 25.5 Å². The molecule has 26 heavy (non-hydrogen) atoms. The van der Waals surface area contributed by atoms with E-state index in [1.807, 2.05) is 44.2 Å². The Morgan fingerprint density at radius 3 is 2.31 bits per heavy atom. The van der Waals surface area contributed by atoms with E-state index in [0.29, 0.717) is 12.8 Å². The van der Waals surface area contributed by atoms with Gasteiger partial charge >= 0.3 is 5.97 Å². The third-order valence-electron chi connectivity index (χ3n) is 4.07. The molecular weight excluding hydrogens is 352 g/mol. The summed E-state index contributed by atoms with van der Waals surface area (Å²) < 4.78 is 4.66. The first-order valence-electron chi connectivity index (χ1n) is 8.63. The van der Waals surface area contributed by atoms with Crippen LogP contribution in [0.5, 0.6) is 0 Å². The Balaban J connectivity index is 2.86. The van der Waals surface area contributed by atoms with Crippen LogP contribution in [0, 0.1) is 11.8 Å². The molecule has 0 aliphatic carbocycles. The number of rotatable bonds is 10. The maximum Gasteiger partial charge on any atom is 0.306 e. The molecule has 0 aliphatic rings. The maximum absolute atomic E-state index is 12.8. The quantitative estimate of drug-likeness (QED) is 0.425. The first-order valence-corrected chi connectivity index (χ1v) is 9.14. The van der Waals surface area contributed by atoms with Gasteiger partial charge in [0.15, 0.2) is 0 Å². The Morgan fingerprint density at radius 2 is 1.81 bits per heavy atom. The molecule has 0 radical (unpaired) electrons. The Labute approximate surface area is 160 Å². The van der Waals surface area contributed by atoms with Crippen molar-refractivity contribution in [2.75, 3.05) is 7.11 Å². The van der Waals surface area contributed by atoms with Crippen molar-refractivity contribution >= 4 is 30.4 Å². The summed E-state index contributed by atoms with van der Waals surface area (Å²) in [6, 6.07) is 8.50. The van der Waals surface area contributed by atoms with Gasteiger partial charge in [-0.05, 0) is 17.9 Å². The van der Waals surface area contributed by atoms with E-state index in [0.717, 1.165) is 5.56 Å².